The van der Waals surface area contributed by atoms with Crippen LogP contribution < -0.4 is 28.6 Å². The molecule has 276 valence electrons. The summed E-state index contributed by atoms with van der Waals surface area (Å²) in [5.74, 6) is 0.162. The number of hydrogen-bond acceptors (Lipinski definition) is 8. The summed E-state index contributed by atoms with van der Waals surface area (Å²) in [5.41, 5.74) is 1.68. The molecule has 11 nitrogen and oxygen atoms in total. The van der Waals surface area contributed by atoms with E-state index in [1.54, 1.807) is 12.1 Å². The summed E-state index contributed by atoms with van der Waals surface area (Å²) in [6.07, 6.45) is 3.96. The fourth-order valence-electron chi connectivity index (χ4n) is 6.36. The molecule has 52 heavy (non-hydrogen) atoms. The van der Waals surface area contributed by atoms with Crippen LogP contribution in [0.1, 0.15) is 36.8 Å². The molecule has 13 heteroatoms. The highest BCUT2D eigenvalue weighted by molar-refractivity contribution is 9.10. The number of ether oxygens (including phenoxy) is 4. The first kappa shape index (κ1) is 38.5. The topological polar surface area (TPSA) is 124 Å². The quantitative estimate of drug-likeness (QED) is 0.139. The molecule has 1 saturated carbocycles. The van der Waals surface area contributed by atoms with Crippen molar-refractivity contribution < 1.29 is 37.0 Å². The molecular weight excluding hydrogens is 750 g/mol. The van der Waals surface area contributed by atoms with Crippen molar-refractivity contribution in [2.24, 2.45) is 0 Å². The zero-order valence-corrected chi connectivity index (χ0v) is 32.1. The fourth-order valence-corrected chi connectivity index (χ4v) is 8.24. The molecule has 0 bridgehead atoms. The van der Waals surface area contributed by atoms with Crippen LogP contribution in [0.25, 0.3) is 0 Å². The van der Waals surface area contributed by atoms with Crippen LogP contribution in [0.2, 0.25) is 0 Å². The molecule has 1 N–H and O–H groups in total. The second-order valence-electron chi connectivity index (χ2n) is 12.4. The maximum absolute atomic E-state index is 15.0. The third-order valence-electron chi connectivity index (χ3n) is 9.09. The van der Waals surface area contributed by atoms with Crippen LogP contribution in [0, 0.1) is 0 Å². The van der Waals surface area contributed by atoms with E-state index in [2.05, 4.69) is 21.2 Å². The number of benzene rings is 4. The Morgan fingerprint density at radius 1 is 0.788 bits per heavy atom. The number of carbonyl (C=O) groups is 2. The molecule has 2 amide bonds. The summed E-state index contributed by atoms with van der Waals surface area (Å²) < 4.78 is 53.1. The maximum Gasteiger partial charge on any atom is 0.265 e. The first-order valence-corrected chi connectivity index (χ1v) is 19.2. The minimum atomic E-state index is -4.49. The van der Waals surface area contributed by atoms with Crippen molar-refractivity contribution in [2.75, 3.05) is 39.3 Å². The van der Waals surface area contributed by atoms with Crippen molar-refractivity contribution in [3.8, 4) is 23.0 Å². The Kier molecular flexibility index (Phi) is 13.1. The van der Waals surface area contributed by atoms with Crippen molar-refractivity contribution in [2.45, 2.75) is 55.6 Å². The second kappa shape index (κ2) is 17.6. The standard InChI is InChI=1S/C39H44BrN3O8S/c1-48-31-17-19-35(49-2)33(23-31)43(52(46,47)32-18-20-36(50-3)37(24-32)51-4)26-38(44)42(25-28-13-10-14-29(40)21-28)34(22-27-11-6-5-7-12-27)39(45)41-30-15-8-9-16-30/h5-7,10-14,17-21,23-24,30,34H,8-9,15-16,22,25-26H2,1-4H3,(H,41,45). The van der Waals surface area contributed by atoms with Crippen LogP contribution in [0.3, 0.4) is 0 Å². The summed E-state index contributed by atoms with van der Waals surface area (Å²) in [6, 6.07) is 24.9. The molecule has 0 aliphatic heterocycles. The molecule has 0 saturated heterocycles. The van der Waals surface area contributed by atoms with Crippen molar-refractivity contribution in [3.05, 3.63) is 107 Å². The van der Waals surface area contributed by atoms with Crippen LogP contribution in [0.15, 0.2) is 100 Å². The number of amides is 2. The number of methoxy groups -OCH3 is 4. The van der Waals surface area contributed by atoms with Crippen LogP contribution >= 0.6 is 15.9 Å². The minimum Gasteiger partial charge on any atom is -0.497 e. The lowest BCUT2D eigenvalue weighted by Gasteiger charge is -2.34. The first-order valence-electron chi connectivity index (χ1n) is 16.9. The van der Waals surface area contributed by atoms with Crippen LogP contribution in [-0.2, 0) is 32.6 Å². The van der Waals surface area contributed by atoms with Gasteiger partial charge >= 0.3 is 0 Å². The average molecular weight is 795 g/mol. The van der Waals surface area contributed by atoms with Crippen molar-refractivity contribution in [1.82, 2.24) is 10.2 Å². The number of anilines is 1. The van der Waals surface area contributed by atoms with Gasteiger partial charge in [0.2, 0.25) is 11.8 Å². The van der Waals surface area contributed by atoms with Crippen molar-refractivity contribution >= 4 is 43.5 Å². The molecule has 0 spiro atoms. The Hall–Kier alpha value is -4.75. The largest absolute Gasteiger partial charge is 0.497 e. The Morgan fingerprint density at radius 3 is 2.12 bits per heavy atom. The number of rotatable bonds is 16. The Morgan fingerprint density at radius 2 is 1.46 bits per heavy atom. The van der Waals surface area contributed by atoms with E-state index in [-0.39, 0.29) is 47.0 Å². The van der Waals surface area contributed by atoms with Gasteiger partial charge in [-0.1, -0.05) is 71.2 Å². The van der Waals surface area contributed by atoms with Gasteiger partial charge in [-0.2, -0.15) is 0 Å². The fraction of sp³-hybridized carbons (Fsp3) is 0.333. The molecule has 1 fully saturated rings. The molecule has 1 aliphatic carbocycles. The predicted molar refractivity (Wildman–Crippen MR) is 203 cm³/mol. The normalized spacial score (nSPS) is 13.6. The molecule has 1 unspecified atom stereocenters. The first-order chi connectivity index (χ1) is 25.1. The Labute approximate surface area is 314 Å². The summed E-state index contributed by atoms with van der Waals surface area (Å²) in [6.45, 7) is -0.635. The van der Waals surface area contributed by atoms with Crippen LogP contribution in [0.4, 0.5) is 5.69 Å². The lowest BCUT2D eigenvalue weighted by Crippen LogP contribution is -2.54. The Bertz CT molecular complexity index is 1950. The number of carbonyl (C=O) groups excluding carboxylic acids is 2. The number of sulfonamides is 1. The molecular formula is C39H44BrN3O8S. The van der Waals surface area contributed by atoms with Gasteiger partial charge in [-0.15, -0.1) is 0 Å². The van der Waals surface area contributed by atoms with E-state index < -0.39 is 28.5 Å². The maximum atomic E-state index is 15.0. The van der Waals surface area contributed by atoms with Gasteiger partial charge in [-0.3, -0.25) is 13.9 Å². The monoisotopic (exact) mass is 793 g/mol. The number of halogens is 1. The Balaban J connectivity index is 1.64. The third kappa shape index (κ3) is 9.18. The number of nitrogens with one attached hydrogen (secondary N) is 1. The molecule has 1 atom stereocenters. The molecule has 4 aromatic rings. The van der Waals surface area contributed by atoms with Gasteiger partial charge in [0.15, 0.2) is 11.5 Å². The summed E-state index contributed by atoms with van der Waals surface area (Å²) >= 11 is 3.53. The molecule has 4 aromatic carbocycles. The highest BCUT2D eigenvalue weighted by atomic mass is 79.9. The van der Waals surface area contributed by atoms with E-state index in [4.69, 9.17) is 18.9 Å². The number of nitrogens with zero attached hydrogens (tertiary/aromatic N) is 2. The van der Waals surface area contributed by atoms with Crippen LogP contribution in [-0.4, -0.2) is 72.2 Å². The van der Waals surface area contributed by atoms with Gasteiger partial charge in [0.05, 0.1) is 39.0 Å². The molecule has 5 rings (SSSR count). The van der Waals surface area contributed by atoms with E-state index in [1.807, 2.05) is 54.6 Å². The van der Waals surface area contributed by atoms with Crippen LogP contribution in [0.5, 0.6) is 23.0 Å². The van der Waals surface area contributed by atoms with Crippen molar-refractivity contribution in [1.29, 1.82) is 0 Å². The molecule has 1 aliphatic rings. The smallest absolute Gasteiger partial charge is 0.265 e. The molecule has 0 heterocycles. The lowest BCUT2D eigenvalue weighted by molar-refractivity contribution is -0.140. The highest BCUT2D eigenvalue weighted by Gasteiger charge is 2.37. The lowest BCUT2D eigenvalue weighted by atomic mass is 10.0. The SMILES string of the molecule is COc1ccc(OC)c(N(CC(=O)N(Cc2cccc(Br)c2)C(Cc2ccccc2)C(=O)NC2CCCC2)S(=O)(=O)c2ccc(OC)c(OC)c2)c1. The highest BCUT2D eigenvalue weighted by Crippen LogP contribution is 2.38. The predicted octanol–water partition coefficient (Wildman–Crippen LogP) is 6.38. The second-order valence-corrected chi connectivity index (χ2v) is 15.2. The summed E-state index contributed by atoms with van der Waals surface area (Å²) in [4.78, 5) is 30.6. The summed E-state index contributed by atoms with van der Waals surface area (Å²) in [7, 11) is 1.24. The van der Waals surface area contributed by atoms with Gasteiger partial charge in [0.25, 0.3) is 10.0 Å². The van der Waals surface area contributed by atoms with E-state index in [1.165, 1.54) is 57.6 Å². The van der Waals surface area contributed by atoms with E-state index in [0.29, 0.717) is 11.5 Å². The van der Waals surface area contributed by atoms with Gasteiger partial charge in [-0.05, 0) is 60.4 Å². The van der Waals surface area contributed by atoms with E-state index in [0.717, 1.165) is 45.6 Å². The van der Waals surface area contributed by atoms with Crippen molar-refractivity contribution in [3.63, 3.8) is 0 Å². The van der Waals surface area contributed by atoms with E-state index >= 15 is 0 Å². The zero-order valence-electron chi connectivity index (χ0n) is 29.7. The van der Waals surface area contributed by atoms with E-state index in [9.17, 15) is 18.0 Å². The molecule has 0 aromatic heterocycles. The summed E-state index contributed by atoms with van der Waals surface area (Å²) in [5, 5.41) is 3.19. The van der Waals surface area contributed by atoms with Gasteiger partial charge < -0.3 is 29.2 Å². The van der Waals surface area contributed by atoms with Gasteiger partial charge in [0, 0.05) is 35.6 Å². The average Bonchev–Trinajstić information content (AvgIpc) is 3.67. The number of hydrogen-bond donors (Lipinski definition) is 1. The van der Waals surface area contributed by atoms with Gasteiger partial charge in [-0.25, -0.2) is 8.42 Å². The molecule has 0 radical (unpaired) electrons. The zero-order chi connectivity index (χ0) is 37.3. The minimum absolute atomic E-state index is 0.00318. The van der Waals surface area contributed by atoms with Gasteiger partial charge in [0.1, 0.15) is 24.1 Å². The third-order valence-corrected chi connectivity index (χ3v) is 11.3.